The van der Waals surface area contributed by atoms with Crippen molar-refractivity contribution < 1.29 is 9.90 Å². The first-order valence-corrected chi connectivity index (χ1v) is 7.87. The van der Waals surface area contributed by atoms with Crippen molar-refractivity contribution in [1.29, 1.82) is 5.26 Å². The van der Waals surface area contributed by atoms with Gasteiger partial charge in [0.15, 0.2) is 0 Å². The fraction of sp³-hybridized carbons (Fsp3) is 0.278. The molecule has 0 amide bonds. The predicted octanol–water partition coefficient (Wildman–Crippen LogP) is 3.18. The fourth-order valence-corrected chi connectivity index (χ4v) is 2.95. The van der Waals surface area contributed by atoms with Crippen LogP contribution in [-0.2, 0) is 11.3 Å². The summed E-state index contributed by atoms with van der Waals surface area (Å²) in [7, 11) is 0. The maximum absolute atomic E-state index is 11.5. The highest BCUT2D eigenvalue weighted by Gasteiger charge is 2.21. The van der Waals surface area contributed by atoms with Gasteiger partial charge in [0.1, 0.15) is 11.9 Å². The van der Waals surface area contributed by atoms with Crippen LogP contribution in [0.3, 0.4) is 0 Å². The van der Waals surface area contributed by atoms with Gasteiger partial charge in [-0.25, -0.2) is 9.78 Å². The van der Waals surface area contributed by atoms with E-state index >= 15 is 0 Å². The van der Waals surface area contributed by atoms with Crippen molar-refractivity contribution in [2.45, 2.75) is 32.4 Å². The van der Waals surface area contributed by atoms with Crippen LogP contribution < -0.4 is 0 Å². The molecular weight excluding hydrogens is 304 g/mol. The van der Waals surface area contributed by atoms with Crippen molar-refractivity contribution in [3.05, 3.63) is 54.2 Å². The number of fused-ring (bicyclic) bond motifs is 1. The molecule has 2 aromatic heterocycles. The van der Waals surface area contributed by atoms with E-state index in [1.54, 1.807) is 23.0 Å². The van der Waals surface area contributed by atoms with Gasteiger partial charge in [-0.15, -0.1) is 0 Å². The molecule has 6 heteroatoms. The lowest BCUT2D eigenvalue weighted by Crippen LogP contribution is -2.21. The Kier molecular flexibility index (Phi) is 4.34. The minimum atomic E-state index is -0.847. The molecule has 1 aromatic carbocycles. The van der Waals surface area contributed by atoms with E-state index < -0.39 is 12.0 Å². The number of rotatable bonds is 6. The number of nitrogens with zero attached hydrogens (tertiary/aromatic N) is 4. The number of benzene rings is 1. The van der Waals surface area contributed by atoms with Crippen molar-refractivity contribution in [2.24, 2.45) is 0 Å². The zero-order chi connectivity index (χ0) is 17.1. The summed E-state index contributed by atoms with van der Waals surface area (Å²) in [5.74, 6) is -0.157. The molecule has 0 aliphatic heterocycles. The van der Waals surface area contributed by atoms with Gasteiger partial charge in [0.25, 0.3) is 0 Å². The standard InChI is InChI=1S/C18H18N4O2/c1-2-3-15(18(23)24)22-9-7-20-17(22)12-21-8-6-14-5-4-13(11-19)10-16(14)21/h4-10,15H,2-3,12H2,1H3,(H,23,24). The highest BCUT2D eigenvalue weighted by Crippen LogP contribution is 2.21. The van der Waals surface area contributed by atoms with Gasteiger partial charge in [0.05, 0.1) is 18.2 Å². The van der Waals surface area contributed by atoms with Crippen molar-refractivity contribution >= 4 is 16.9 Å². The number of hydrogen-bond donors (Lipinski definition) is 1. The van der Waals surface area contributed by atoms with Gasteiger partial charge in [0.2, 0.25) is 0 Å². The largest absolute Gasteiger partial charge is 0.480 e. The molecule has 0 spiro atoms. The monoisotopic (exact) mass is 322 g/mol. The van der Waals surface area contributed by atoms with Crippen LogP contribution in [0.4, 0.5) is 0 Å². The van der Waals surface area contributed by atoms with Crippen molar-refractivity contribution in [2.75, 3.05) is 0 Å². The second kappa shape index (κ2) is 6.59. The van der Waals surface area contributed by atoms with E-state index in [1.807, 2.05) is 35.9 Å². The van der Waals surface area contributed by atoms with Crippen molar-refractivity contribution in [1.82, 2.24) is 14.1 Å². The van der Waals surface area contributed by atoms with Crippen LogP contribution in [0.1, 0.15) is 37.2 Å². The van der Waals surface area contributed by atoms with Crippen LogP contribution in [0.15, 0.2) is 42.9 Å². The molecule has 0 fully saturated rings. The Morgan fingerprint density at radius 1 is 1.38 bits per heavy atom. The molecule has 0 saturated heterocycles. The van der Waals surface area contributed by atoms with E-state index in [2.05, 4.69) is 11.1 Å². The van der Waals surface area contributed by atoms with Crippen LogP contribution in [0.25, 0.3) is 10.9 Å². The summed E-state index contributed by atoms with van der Waals surface area (Å²) in [6.45, 7) is 2.42. The number of carboxylic acids is 1. The number of aliphatic carboxylic acids is 1. The van der Waals surface area contributed by atoms with E-state index in [9.17, 15) is 9.90 Å². The van der Waals surface area contributed by atoms with Crippen molar-refractivity contribution in [3.8, 4) is 6.07 Å². The van der Waals surface area contributed by atoms with Gasteiger partial charge >= 0.3 is 5.97 Å². The first kappa shape index (κ1) is 15.8. The molecule has 0 saturated carbocycles. The molecule has 3 rings (SSSR count). The molecule has 24 heavy (non-hydrogen) atoms. The second-order valence-electron chi connectivity index (χ2n) is 5.72. The van der Waals surface area contributed by atoms with Crippen LogP contribution in [0.5, 0.6) is 0 Å². The lowest BCUT2D eigenvalue weighted by Gasteiger charge is -2.16. The molecule has 3 aromatic rings. The maximum atomic E-state index is 11.5. The maximum Gasteiger partial charge on any atom is 0.326 e. The number of carboxylic acid groups (broad SMARTS) is 1. The number of imidazole rings is 1. The minimum absolute atomic E-state index is 0.457. The Balaban J connectivity index is 1.97. The molecular formula is C18H18N4O2. The molecule has 0 bridgehead atoms. The average Bonchev–Trinajstić information content (AvgIpc) is 3.19. The van der Waals surface area contributed by atoms with Gasteiger partial charge in [-0.3, -0.25) is 0 Å². The molecule has 0 aliphatic carbocycles. The summed E-state index contributed by atoms with van der Waals surface area (Å²) < 4.78 is 3.71. The Morgan fingerprint density at radius 2 is 2.21 bits per heavy atom. The first-order chi connectivity index (χ1) is 11.6. The van der Waals surface area contributed by atoms with E-state index in [1.165, 1.54) is 0 Å². The Morgan fingerprint density at radius 3 is 2.92 bits per heavy atom. The van der Waals surface area contributed by atoms with Crippen LogP contribution in [0.2, 0.25) is 0 Å². The lowest BCUT2D eigenvalue weighted by atomic mass is 10.1. The molecule has 1 atom stereocenters. The Hall–Kier alpha value is -3.07. The van der Waals surface area contributed by atoms with E-state index in [0.29, 0.717) is 24.4 Å². The SMILES string of the molecule is CCCC(C(=O)O)n1ccnc1Cn1ccc2ccc(C#N)cc21. The van der Waals surface area contributed by atoms with Gasteiger partial charge in [0, 0.05) is 24.1 Å². The molecule has 6 nitrogen and oxygen atoms in total. The van der Waals surface area contributed by atoms with Gasteiger partial charge in [-0.05, 0) is 30.0 Å². The fourth-order valence-electron chi connectivity index (χ4n) is 2.95. The summed E-state index contributed by atoms with van der Waals surface area (Å²) in [4.78, 5) is 15.9. The normalized spacial score (nSPS) is 12.2. The average molecular weight is 322 g/mol. The number of carbonyl (C=O) groups is 1. The number of hydrogen-bond acceptors (Lipinski definition) is 3. The molecule has 1 unspecified atom stereocenters. The predicted molar refractivity (Wildman–Crippen MR) is 89.6 cm³/mol. The second-order valence-corrected chi connectivity index (χ2v) is 5.72. The van der Waals surface area contributed by atoms with Crippen LogP contribution in [0, 0.1) is 11.3 Å². The van der Waals surface area contributed by atoms with Gasteiger partial charge < -0.3 is 14.2 Å². The summed E-state index contributed by atoms with van der Waals surface area (Å²) in [6.07, 6.45) is 6.63. The Labute approximate surface area is 139 Å². The highest BCUT2D eigenvalue weighted by molar-refractivity contribution is 5.81. The third kappa shape index (κ3) is 2.88. The van der Waals surface area contributed by atoms with Crippen LogP contribution >= 0.6 is 0 Å². The highest BCUT2D eigenvalue weighted by atomic mass is 16.4. The molecule has 0 aliphatic rings. The quantitative estimate of drug-likeness (QED) is 0.755. The minimum Gasteiger partial charge on any atom is -0.480 e. The molecule has 0 radical (unpaired) electrons. The van der Waals surface area contributed by atoms with Crippen molar-refractivity contribution in [3.63, 3.8) is 0 Å². The molecule has 1 N–H and O–H groups in total. The molecule has 2 heterocycles. The van der Waals surface area contributed by atoms with Gasteiger partial charge in [-0.1, -0.05) is 19.4 Å². The third-order valence-corrected chi connectivity index (χ3v) is 4.15. The smallest absolute Gasteiger partial charge is 0.326 e. The summed E-state index contributed by atoms with van der Waals surface area (Å²) >= 11 is 0. The lowest BCUT2D eigenvalue weighted by molar-refractivity contribution is -0.141. The number of aromatic nitrogens is 3. The van der Waals surface area contributed by atoms with E-state index in [0.717, 1.165) is 17.3 Å². The topological polar surface area (TPSA) is 83.8 Å². The van der Waals surface area contributed by atoms with E-state index in [4.69, 9.17) is 5.26 Å². The molecule has 122 valence electrons. The van der Waals surface area contributed by atoms with Gasteiger partial charge in [-0.2, -0.15) is 5.26 Å². The summed E-state index contributed by atoms with van der Waals surface area (Å²) in [5, 5.41) is 19.6. The summed E-state index contributed by atoms with van der Waals surface area (Å²) in [6, 6.07) is 9.05. The summed E-state index contributed by atoms with van der Waals surface area (Å²) in [5.41, 5.74) is 1.53. The van der Waals surface area contributed by atoms with E-state index in [-0.39, 0.29) is 0 Å². The zero-order valence-corrected chi connectivity index (χ0v) is 13.4. The van der Waals surface area contributed by atoms with Crippen LogP contribution in [-0.4, -0.2) is 25.2 Å². The first-order valence-electron chi connectivity index (χ1n) is 7.87. The number of nitriles is 1. The Bertz CT molecular complexity index is 917. The zero-order valence-electron chi connectivity index (χ0n) is 13.4. The third-order valence-electron chi connectivity index (χ3n) is 4.15.